The Morgan fingerprint density at radius 2 is 2.12 bits per heavy atom. The molecule has 0 fully saturated rings. The van der Waals surface area contributed by atoms with Gasteiger partial charge in [0.1, 0.15) is 10.0 Å². The molecule has 8 heavy (non-hydrogen) atoms. The summed E-state index contributed by atoms with van der Waals surface area (Å²) in [5.74, 6) is 0. The summed E-state index contributed by atoms with van der Waals surface area (Å²) in [6, 6.07) is 0. The second-order valence-corrected chi connectivity index (χ2v) is 2.89. The van der Waals surface area contributed by atoms with Gasteiger partial charge in [-0.2, -0.15) is 4.37 Å². The molecule has 0 saturated carbocycles. The summed E-state index contributed by atoms with van der Waals surface area (Å²) >= 11 is 12.0. The molecular formula is C3H2Cl2N2S. The van der Waals surface area contributed by atoms with Gasteiger partial charge in [0, 0.05) is 0 Å². The first-order valence-corrected chi connectivity index (χ1v) is 3.31. The molecule has 0 amide bonds. The van der Waals surface area contributed by atoms with E-state index >= 15 is 0 Å². The van der Waals surface area contributed by atoms with Gasteiger partial charge >= 0.3 is 0 Å². The summed E-state index contributed by atoms with van der Waals surface area (Å²) in [6.45, 7) is 0. The van der Waals surface area contributed by atoms with Crippen LogP contribution < -0.4 is 5.73 Å². The van der Waals surface area contributed by atoms with Crippen LogP contribution >= 0.6 is 34.7 Å². The highest BCUT2D eigenvalue weighted by atomic mass is 35.5. The Morgan fingerprint density at radius 1 is 1.50 bits per heavy atom. The van der Waals surface area contributed by atoms with Gasteiger partial charge in [0.2, 0.25) is 0 Å². The van der Waals surface area contributed by atoms with Crippen LogP contribution in [0.1, 0.15) is 0 Å². The predicted octanol–water partition coefficient (Wildman–Crippen LogP) is 2.03. The first kappa shape index (κ1) is 6.13. The second kappa shape index (κ2) is 2.09. The highest BCUT2D eigenvalue weighted by Gasteiger charge is 2.03. The fourth-order valence-electron chi connectivity index (χ4n) is 0.260. The van der Waals surface area contributed by atoms with Crippen molar-refractivity contribution in [3.63, 3.8) is 0 Å². The Kier molecular flexibility index (Phi) is 1.60. The van der Waals surface area contributed by atoms with Crippen LogP contribution in [0.5, 0.6) is 0 Å². The van der Waals surface area contributed by atoms with Crippen LogP contribution in [0.25, 0.3) is 0 Å². The summed E-state index contributed by atoms with van der Waals surface area (Å²) < 4.78 is 4.12. The van der Waals surface area contributed by atoms with E-state index in [1.807, 2.05) is 0 Å². The number of nitrogen functional groups attached to an aromatic ring is 1. The number of nitrogens with two attached hydrogens (primary N) is 1. The van der Waals surface area contributed by atoms with Crippen molar-refractivity contribution in [1.82, 2.24) is 4.37 Å². The van der Waals surface area contributed by atoms with Gasteiger partial charge in [-0.15, -0.1) is 0 Å². The summed E-state index contributed by atoms with van der Waals surface area (Å²) in [4.78, 5) is 0. The normalized spacial score (nSPS) is 9.75. The van der Waals surface area contributed by atoms with E-state index < -0.39 is 0 Å². The number of anilines is 1. The molecule has 2 N–H and O–H groups in total. The Labute approximate surface area is 60.4 Å². The minimum atomic E-state index is 0.292. The predicted molar refractivity (Wildman–Crippen MR) is 36.5 cm³/mol. The number of halogens is 2. The lowest BCUT2D eigenvalue weighted by Gasteiger charge is -1.80. The Morgan fingerprint density at radius 3 is 2.25 bits per heavy atom. The molecule has 1 heterocycles. The van der Waals surface area contributed by atoms with Gasteiger partial charge in [0.15, 0.2) is 5.15 Å². The topological polar surface area (TPSA) is 38.9 Å². The summed E-state index contributed by atoms with van der Waals surface area (Å²) in [7, 11) is 0. The van der Waals surface area contributed by atoms with Crippen LogP contribution in [0.4, 0.5) is 5.69 Å². The van der Waals surface area contributed by atoms with Crippen molar-refractivity contribution < 1.29 is 0 Å². The van der Waals surface area contributed by atoms with E-state index in [0.717, 1.165) is 11.5 Å². The zero-order chi connectivity index (χ0) is 6.15. The molecule has 0 aromatic carbocycles. The third kappa shape index (κ3) is 0.891. The van der Waals surface area contributed by atoms with E-state index in [9.17, 15) is 0 Å². The Balaban J connectivity index is 3.19. The molecule has 2 nitrogen and oxygen atoms in total. The molecule has 44 valence electrons. The van der Waals surface area contributed by atoms with Gasteiger partial charge in [-0.05, 0) is 11.5 Å². The zero-order valence-electron chi connectivity index (χ0n) is 3.69. The molecule has 0 aliphatic heterocycles. The molecular weight excluding hydrogens is 167 g/mol. The first-order chi connectivity index (χ1) is 3.72. The lowest BCUT2D eigenvalue weighted by Crippen LogP contribution is -1.80. The van der Waals surface area contributed by atoms with Crippen LogP contribution in [0.2, 0.25) is 9.49 Å². The van der Waals surface area contributed by atoms with Crippen molar-refractivity contribution in [2.45, 2.75) is 0 Å². The average Bonchev–Trinajstić information content (AvgIpc) is 1.98. The van der Waals surface area contributed by atoms with Crippen LogP contribution in [0, 0.1) is 0 Å². The maximum atomic E-state index is 5.48. The standard InChI is InChI=1S/C3H2Cl2N2S/c4-2-1(6)3(5)8-7-2/h6H2. The molecule has 1 rings (SSSR count). The number of rotatable bonds is 0. The van der Waals surface area contributed by atoms with E-state index in [2.05, 4.69) is 4.37 Å². The maximum absolute atomic E-state index is 5.48. The first-order valence-electron chi connectivity index (χ1n) is 1.78. The van der Waals surface area contributed by atoms with E-state index in [0.29, 0.717) is 15.2 Å². The van der Waals surface area contributed by atoms with Crippen molar-refractivity contribution in [2.75, 3.05) is 5.73 Å². The molecule has 0 radical (unpaired) electrons. The highest BCUT2D eigenvalue weighted by molar-refractivity contribution is 7.11. The lowest BCUT2D eigenvalue weighted by atomic mass is 10.6. The van der Waals surface area contributed by atoms with E-state index in [-0.39, 0.29) is 0 Å². The largest absolute Gasteiger partial charge is 0.394 e. The Hall–Kier alpha value is 0.01000. The van der Waals surface area contributed by atoms with Gasteiger partial charge in [0.25, 0.3) is 0 Å². The maximum Gasteiger partial charge on any atom is 0.167 e. The van der Waals surface area contributed by atoms with Gasteiger partial charge in [0.05, 0.1) is 0 Å². The Bertz CT molecular complexity index is 178. The van der Waals surface area contributed by atoms with Gasteiger partial charge in [-0.25, -0.2) is 0 Å². The van der Waals surface area contributed by atoms with Crippen molar-refractivity contribution >= 4 is 40.4 Å². The average molecular weight is 169 g/mol. The molecule has 0 bridgehead atoms. The van der Waals surface area contributed by atoms with Crippen molar-refractivity contribution in [3.8, 4) is 0 Å². The molecule has 0 atom stereocenters. The lowest BCUT2D eigenvalue weighted by molar-refractivity contribution is 1.57. The van der Waals surface area contributed by atoms with E-state index in [4.69, 9.17) is 28.9 Å². The second-order valence-electron chi connectivity index (χ2n) is 1.16. The zero-order valence-corrected chi connectivity index (χ0v) is 6.02. The molecule has 0 aliphatic carbocycles. The van der Waals surface area contributed by atoms with Crippen molar-refractivity contribution in [1.29, 1.82) is 0 Å². The smallest absolute Gasteiger partial charge is 0.167 e. The molecule has 1 aromatic rings. The van der Waals surface area contributed by atoms with Gasteiger partial charge in [-0.3, -0.25) is 0 Å². The van der Waals surface area contributed by atoms with Crippen molar-refractivity contribution in [2.24, 2.45) is 0 Å². The van der Waals surface area contributed by atoms with E-state index in [1.54, 1.807) is 0 Å². The molecule has 0 unspecified atom stereocenters. The van der Waals surface area contributed by atoms with Crippen LogP contribution in [0.15, 0.2) is 0 Å². The number of aromatic nitrogens is 1. The van der Waals surface area contributed by atoms with Gasteiger partial charge in [-0.1, -0.05) is 23.2 Å². The molecule has 0 spiro atoms. The van der Waals surface area contributed by atoms with Crippen LogP contribution in [-0.4, -0.2) is 4.37 Å². The van der Waals surface area contributed by atoms with E-state index in [1.165, 1.54) is 0 Å². The monoisotopic (exact) mass is 168 g/mol. The fraction of sp³-hybridized carbons (Fsp3) is 0. The summed E-state index contributed by atoms with van der Waals surface area (Å²) in [5.41, 5.74) is 5.66. The molecule has 1 aromatic heterocycles. The number of nitrogens with zero attached hydrogens (tertiary/aromatic N) is 1. The summed E-state index contributed by atoms with van der Waals surface area (Å²) in [6.07, 6.45) is 0. The third-order valence-corrected chi connectivity index (χ3v) is 2.09. The van der Waals surface area contributed by atoms with Gasteiger partial charge < -0.3 is 5.73 Å². The molecule has 0 saturated heterocycles. The van der Waals surface area contributed by atoms with Crippen LogP contribution in [-0.2, 0) is 0 Å². The quantitative estimate of drug-likeness (QED) is 0.645. The minimum Gasteiger partial charge on any atom is -0.394 e. The van der Waals surface area contributed by atoms with Crippen LogP contribution in [0.3, 0.4) is 0 Å². The molecule has 0 aliphatic rings. The fourth-order valence-corrected chi connectivity index (χ4v) is 1.21. The SMILES string of the molecule is Nc1c(Cl)nsc1Cl. The number of hydrogen-bond donors (Lipinski definition) is 1. The highest BCUT2D eigenvalue weighted by Crippen LogP contribution is 2.29. The molecule has 5 heteroatoms. The number of hydrogen-bond acceptors (Lipinski definition) is 3. The third-order valence-electron chi connectivity index (χ3n) is 0.640. The van der Waals surface area contributed by atoms with Crippen molar-refractivity contribution in [3.05, 3.63) is 9.49 Å². The summed E-state index contributed by atoms with van der Waals surface area (Å²) in [5, 5.41) is 0.292. The minimum absolute atomic E-state index is 0.292.